The van der Waals surface area contributed by atoms with Crippen LogP contribution < -0.4 is 11.1 Å². The van der Waals surface area contributed by atoms with Crippen LogP contribution in [0.5, 0.6) is 5.75 Å². The molecule has 1 aromatic heterocycles. The molecule has 0 aliphatic heterocycles. The molecule has 0 aliphatic rings. The number of rotatable bonds is 4. The van der Waals surface area contributed by atoms with Gasteiger partial charge in [-0.15, -0.1) is 0 Å². The zero-order chi connectivity index (χ0) is 11.5. The second-order valence-electron chi connectivity index (χ2n) is 3.82. The van der Waals surface area contributed by atoms with Gasteiger partial charge in [0.25, 0.3) is 0 Å². The Balaban J connectivity index is 2.46. The van der Waals surface area contributed by atoms with Crippen molar-refractivity contribution in [3.8, 4) is 5.75 Å². The van der Waals surface area contributed by atoms with E-state index in [2.05, 4.69) is 17.2 Å². The van der Waals surface area contributed by atoms with Crippen LogP contribution in [0.2, 0.25) is 0 Å². The highest BCUT2D eigenvalue weighted by molar-refractivity contribution is 5.85. The molecular formula is C12H17N3O. The first-order valence-electron chi connectivity index (χ1n) is 5.49. The lowest BCUT2D eigenvalue weighted by atomic mass is 10.1. The number of likely N-dealkylation sites (N-methyl/N-ethyl adjacent to an activating group) is 1. The number of benzene rings is 1. The Bertz CT molecular complexity index is 478. The molecular weight excluding hydrogens is 202 g/mol. The van der Waals surface area contributed by atoms with Crippen LogP contribution in [0.4, 0.5) is 0 Å². The Labute approximate surface area is 94.5 Å². The van der Waals surface area contributed by atoms with Gasteiger partial charge in [0.2, 0.25) is 0 Å². The first kappa shape index (κ1) is 11.0. The third-order valence-corrected chi connectivity index (χ3v) is 2.76. The number of nitrogens with one attached hydrogen (secondary N) is 2. The molecule has 0 saturated heterocycles. The summed E-state index contributed by atoms with van der Waals surface area (Å²) in [7, 11) is 0. The summed E-state index contributed by atoms with van der Waals surface area (Å²) in [6, 6.07) is 5.43. The number of aromatic hydroxyl groups is 1. The largest absolute Gasteiger partial charge is 0.508 e. The van der Waals surface area contributed by atoms with Crippen LogP contribution in [0.15, 0.2) is 24.4 Å². The zero-order valence-electron chi connectivity index (χ0n) is 9.33. The average Bonchev–Trinajstić information content (AvgIpc) is 2.69. The molecule has 0 saturated carbocycles. The highest BCUT2D eigenvalue weighted by atomic mass is 16.3. The van der Waals surface area contributed by atoms with Gasteiger partial charge in [-0.3, -0.25) is 0 Å². The van der Waals surface area contributed by atoms with Gasteiger partial charge in [-0.1, -0.05) is 6.92 Å². The molecule has 16 heavy (non-hydrogen) atoms. The van der Waals surface area contributed by atoms with E-state index in [1.807, 2.05) is 12.3 Å². The second kappa shape index (κ2) is 4.55. The van der Waals surface area contributed by atoms with Gasteiger partial charge in [-0.25, -0.2) is 0 Å². The predicted octanol–water partition coefficient (Wildman–Crippen LogP) is 1.48. The number of aromatic nitrogens is 1. The summed E-state index contributed by atoms with van der Waals surface area (Å²) in [5.41, 5.74) is 7.86. The van der Waals surface area contributed by atoms with E-state index in [4.69, 9.17) is 5.73 Å². The monoisotopic (exact) mass is 219 g/mol. The summed E-state index contributed by atoms with van der Waals surface area (Å²) in [5, 5.41) is 13.8. The minimum Gasteiger partial charge on any atom is -0.508 e. The first-order chi connectivity index (χ1) is 7.76. The van der Waals surface area contributed by atoms with Gasteiger partial charge in [0.1, 0.15) is 5.75 Å². The number of fused-ring (bicyclic) bond motifs is 1. The maximum absolute atomic E-state index is 9.49. The van der Waals surface area contributed by atoms with E-state index in [9.17, 15) is 5.11 Å². The van der Waals surface area contributed by atoms with Crippen molar-refractivity contribution in [2.75, 3.05) is 13.1 Å². The van der Waals surface area contributed by atoms with Gasteiger partial charge in [-0.2, -0.15) is 0 Å². The fourth-order valence-electron chi connectivity index (χ4n) is 1.99. The highest BCUT2D eigenvalue weighted by Gasteiger charge is 2.13. The number of aromatic amines is 1. The van der Waals surface area contributed by atoms with E-state index < -0.39 is 0 Å². The van der Waals surface area contributed by atoms with Crippen LogP contribution in [0.3, 0.4) is 0 Å². The number of hydrogen-bond acceptors (Lipinski definition) is 3. The topological polar surface area (TPSA) is 74.1 Å². The van der Waals surface area contributed by atoms with Crippen LogP contribution in [0.25, 0.3) is 10.9 Å². The summed E-state index contributed by atoms with van der Waals surface area (Å²) >= 11 is 0. The normalized spacial score (nSPS) is 13.1. The summed E-state index contributed by atoms with van der Waals surface area (Å²) in [5.74, 6) is 0.278. The van der Waals surface area contributed by atoms with Crippen molar-refractivity contribution < 1.29 is 5.11 Å². The summed E-state index contributed by atoms with van der Waals surface area (Å²) in [4.78, 5) is 3.18. The third kappa shape index (κ3) is 1.89. The van der Waals surface area contributed by atoms with Crippen molar-refractivity contribution in [1.29, 1.82) is 0 Å². The van der Waals surface area contributed by atoms with E-state index in [-0.39, 0.29) is 11.8 Å². The van der Waals surface area contributed by atoms with Crippen molar-refractivity contribution in [3.05, 3.63) is 30.0 Å². The molecule has 1 heterocycles. The molecule has 0 spiro atoms. The Kier molecular flexibility index (Phi) is 3.12. The molecule has 5 N–H and O–H groups in total. The van der Waals surface area contributed by atoms with E-state index >= 15 is 0 Å². The van der Waals surface area contributed by atoms with E-state index in [0.717, 1.165) is 23.0 Å². The Morgan fingerprint density at radius 2 is 2.31 bits per heavy atom. The number of hydrogen-bond donors (Lipinski definition) is 4. The summed E-state index contributed by atoms with van der Waals surface area (Å²) in [6.07, 6.45) is 1.95. The summed E-state index contributed by atoms with van der Waals surface area (Å²) in [6.45, 7) is 3.46. The minimum absolute atomic E-state index is 0.126. The molecule has 2 rings (SSSR count). The van der Waals surface area contributed by atoms with Gasteiger partial charge in [0.05, 0.1) is 0 Å². The van der Waals surface area contributed by atoms with Crippen molar-refractivity contribution >= 4 is 10.9 Å². The Morgan fingerprint density at radius 3 is 3.00 bits per heavy atom. The lowest BCUT2D eigenvalue weighted by molar-refractivity contribution is 0.476. The first-order valence-corrected chi connectivity index (χ1v) is 5.49. The third-order valence-electron chi connectivity index (χ3n) is 2.76. The standard InChI is InChI=1S/C12H17N3O/c1-2-14-12(6-13)10-7-15-11-4-3-8(16)5-9(10)11/h3-5,7,12,14-16H,2,6,13H2,1H3. The van der Waals surface area contributed by atoms with Gasteiger partial charge in [0.15, 0.2) is 0 Å². The number of phenolic OH excluding ortho intramolecular Hbond substituents is 1. The van der Waals surface area contributed by atoms with Crippen LogP contribution in [0, 0.1) is 0 Å². The van der Waals surface area contributed by atoms with Crippen molar-refractivity contribution in [2.24, 2.45) is 5.73 Å². The van der Waals surface area contributed by atoms with Crippen molar-refractivity contribution in [2.45, 2.75) is 13.0 Å². The van der Waals surface area contributed by atoms with E-state index in [0.29, 0.717) is 6.54 Å². The maximum Gasteiger partial charge on any atom is 0.116 e. The number of phenols is 1. The predicted molar refractivity (Wildman–Crippen MR) is 65.4 cm³/mol. The molecule has 1 unspecified atom stereocenters. The van der Waals surface area contributed by atoms with Gasteiger partial charge in [-0.05, 0) is 30.3 Å². The highest BCUT2D eigenvalue weighted by Crippen LogP contribution is 2.26. The molecule has 0 aliphatic carbocycles. The molecule has 0 amide bonds. The van der Waals surface area contributed by atoms with Gasteiger partial charge in [0, 0.05) is 29.7 Å². The van der Waals surface area contributed by atoms with E-state index in [1.54, 1.807) is 12.1 Å². The number of H-pyrrole nitrogens is 1. The Morgan fingerprint density at radius 1 is 1.50 bits per heavy atom. The van der Waals surface area contributed by atoms with Crippen LogP contribution >= 0.6 is 0 Å². The van der Waals surface area contributed by atoms with E-state index in [1.165, 1.54) is 0 Å². The molecule has 86 valence electrons. The molecule has 4 nitrogen and oxygen atoms in total. The molecule has 1 aromatic carbocycles. The maximum atomic E-state index is 9.49. The van der Waals surface area contributed by atoms with Crippen molar-refractivity contribution in [3.63, 3.8) is 0 Å². The summed E-state index contributed by atoms with van der Waals surface area (Å²) < 4.78 is 0. The lowest BCUT2D eigenvalue weighted by Crippen LogP contribution is -2.27. The fourth-order valence-corrected chi connectivity index (χ4v) is 1.99. The minimum atomic E-state index is 0.126. The lowest BCUT2D eigenvalue weighted by Gasteiger charge is -2.14. The SMILES string of the molecule is CCNC(CN)c1c[nH]c2ccc(O)cc12. The van der Waals surface area contributed by atoms with Crippen LogP contribution in [0.1, 0.15) is 18.5 Å². The Hall–Kier alpha value is -1.52. The second-order valence-corrected chi connectivity index (χ2v) is 3.82. The molecule has 0 radical (unpaired) electrons. The van der Waals surface area contributed by atoms with Crippen LogP contribution in [-0.4, -0.2) is 23.2 Å². The smallest absolute Gasteiger partial charge is 0.116 e. The molecule has 4 heteroatoms. The fraction of sp³-hybridized carbons (Fsp3) is 0.333. The van der Waals surface area contributed by atoms with Gasteiger partial charge >= 0.3 is 0 Å². The van der Waals surface area contributed by atoms with Crippen LogP contribution in [-0.2, 0) is 0 Å². The quantitative estimate of drug-likeness (QED) is 0.629. The molecule has 0 fully saturated rings. The van der Waals surface area contributed by atoms with Crippen molar-refractivity contribution in [1.82, 2.24) is 10.3 Å². The molecule has 0 bridgehead atoms. The van der Waals surface area contributed by atoms with Gasteiger partial charge < -0.3 is 21.1 Å². The molecule has 1 atom stereocenters. The molecule has 2 aromatic rings. The zero-order valence-corrected chi connectivity index (χ0v) is 9.33. The average molecular weight is 219 g/mol. The number of nitrogens with two attached hydrogens (primary N) is 1.